The number of amides is 1. The first-order chi connectivity index (χ1) is 11.6. The number of pyridine rings is 1. The van der Waals surface area contributed by atoms with Crippen molar-refractivity contribution in [3.05, 3.63) is 29.1 Å². The van der Waals surface area contributed by atoms with E-state index in [2.05, 4.69) is 28.8 Å². The van der Waals surface area contributed by atoms with Gasteiger partial charge >= 0.3 is 0 Å². The molecule has 1 aromatic heterocycles. The number of hydrogen-bond donors (Lipinski definition) is 2. The van der Waals surface area contributed by atoms with Crippen LogP contribution < -0.4 is 5.48 Å². The SMILES string of the molecule is CC[C@@H]1Cc2ncc(C(=O)NO)cc2CN1CC12CC1CCN2C. The molecular formula is C18H26N4O2. The molecular weight excluding hydrogens is 304 g/mol. The van der Waals surface area contributed by atoms with Crippen molar-refractivity contribution < 1.29 is 10.0 Å². The number of nitrogens with zero attached hydrogens (tertiary/aromatic N) is 3. The number of likely N-dealkylation sites (tertiary alicyclic amines) is 1. The lowest BCUT2D eigenvalue weighted by Gasteiger charge is -2.40. The van der Waals surface area contributed by atoms with Crippen molar-refractivity contribution in [1.29, 1.82) is 0 Å². The number of carbonyl (C=O) groups is 1. The number of fused-ring (bicyclic) bond motifs is 2. The Bertz CT molecular complexity index is 664. The summed E-state index contributed by atoms with van der Waals surface area (Å²) in [6.07, 6.45) is 6.28. The van der Waals surface area contributed by atoms with E-state index in [1.807, 2.05) is 6.07 Å². The zero-order valence-electron chi connectivity index (χ0n) is 14.5. The first-order valence-corrected chi connectivity index (χ1v) is 8.95. The third kappa shape index (κ3) is 2.44. The van der Waals surface area contributed by atoms with E-state index in [9.17, 15) is 4.79 Å². The van der Waals surface area contributed by atoms with Crippen molar-refractivity contribution >= 4 is 5.91 Å². The summed E-state index contributed by atoms with van der Waals surface area (Å²) in [6.45, 7) is 5.42. The second-order valence-electron chi connectivity index (χ2n) is 7.66. The average Bonchev–Trinajstić information content (AvgIpc) is 3.23. The molecule has 3 atom stereocenters. The number of nitrogens with one attached hydrogen (secondary N) is 1. The van der Waals surface area contributed by atoms with Gasteiger partial charge in [0.2, 0.25) is 0 Å². The first-order valence-electron chi connectivity index (χ1n) is 8.95. The summed E-state index contributed by atoms with van der Waals surface area (Å²) in [5.74, 6) is 0.372. The highest BCUT2D eigenvalue weighted by Gasteiger charge is 2.61. The maximum absolute atomic E-state index is 11.7. The monoisotopic (exact) mass is 330 g/mol. The maximum atomic E-state index is 11.7. The van der Waals surface area contributed by atoms with Crippen LogP contribution in [-0.4, -0.2) is 57.6 Å². The fourth-order valence-electron chi connectivity index (χ4n) is 4.78. The largest absolute Gasteiger partial charge is 0.299 e. The number of hydroxylamine groups is 1. The van der Waals surface area contributed by atoms with Crippen LogP contribution in [0.25, 0.3) is 0 Å². The molecule has 24 heavy (non-hydrogen) atoms. The summed E-state index contributed by atoms with van der Waals surface area (Å²) in [4.78, 5) is 21.3. The molecule has 2 unspecified atom stereocenters. The molecule has 6 nitrogen and oxygen atoms in total. The summed E-state index contributed by atoms with van der Waals surface area (Å²) in [5.41, 5.74) is 4.72. The van der Waals surface area contributed by atoms with E-state index in [4.69, 9.17) is 5.21 Å². The molecule has 0 spiro atoms. The minimum atomic E-state index is -0.495. The second-order valence-corrected chi connectivity index (χ2v) is 7.66. The highest BCUT2D eigenvalue weighted by Crippen LogP contribution is 2.55. The summed E-state index contributed by atoms with van der Waals surface area (Å²) >= 11 is 0. The highest BCUT2D eigenvalue weighted by molar-refractivity contribution is 5.93. The van der Waals surface area contributed by atoms with Gasteiger partial charge in [0.25, 0.3) is 5.91 Å². The van der Waals surface area contributed by atoms with Crippen LogP contribution in [0.4, 0.5) is 0 Å². The van der Waals surface area contributed by atoms with Crippen LogP contribution in [0, 0.1) is 5.92 Å². The van der Waals surface area contributed by atoms with Crippen LogP contribution in [0.3, 0.4) is 0 Å². The Morgan fingerprint density at radius 1 is 1.54 bits per heavy atom. The van der Waals surface area contributed by atoms with E-state index in [0.29, 0.717) is 17.1 Å². The topological polar surface area (TPSA) is 68.7 Å². The number of hydrogen-bond acceptors (Lipinski definition) is 5. The highest BCUT2D eigenvalue weighted by atomic mass is 16.5. The van der Waals surface area contributed by atoms with Gasteiger partial charge in [0, 0.05) is 43.0 Å². The minimum Gasteiger partial charge on any atom is -0.299 e. The van der Waals surface area contributed by atoms with Gasteiger partial charge in [0.15, 0.2) is 0 Å². The summed E-state index contributed by atoms with van der Waals surface area (Å²) in [6, 6.07) is 2.40. The Morgan fingerprint density at radius 2 is 2.38 bits per heavy atom. The third-order valence-electron chi connectivity index (χ3n) is 6.46. The number of likely N-dealkylation sites (N-methyl/N-ethyl adjacent to an activating group) is 1. The van der Waals surface area contributed by atoms with Crippen molar-refractivity contribution in [2.24, 2.45) is 5.92 Å². The Morgan fingerprint density at radius 3 is 3.00 bits per heavy atom. The Kier molecular flexibility index (Phi) is 3.86. The van der Waals surface area contributed by atoms with Gasteiger partial charge in [-0.25, -0.2) is 5.48 Å². The van der Waals surface area contributed by atoms with E-state index >= 15 is 0 Å². The van der Waals surface area contributed by atoms with Gasteiger partial charge in [-0.3, -0.25) is 24.8 Å². The molecule has 3 heterocycles. The van der Waals surface area contributed by atoms with Crippen LogP contribution >= 0.6 is 0 Å². The number of carbonyl (C=O) groups excluding carboxylic acids is 1. The van der Waals surface area contributed by atoms with Gasteiger partial charge < -0.3 is 0 Å². The van der Waals surface area contributed by atoms with Crippen molar-refractivity contribution in [2.75, 3.05) is 20.1 Å². The zero-order valence-corrected chi connectivity index (χ0v) is 14.5. The van der Waals surface area contributed by atoms with Gasteiger partial charge in [-0.1, -0.05) is 6.92 Å². The maximum Gasteiger partial charge on any atom is 0.276 e. The number of rotatable bonds is 4. The molecule has 6 heteroatoms. The molecule has 4 rings (SSSR count). The van der Waals surface area contributed by atoms with Crippen LogP contribution in [0.2, 0.25) is 0 Å². The smallest absolute Gasteiger partial charge is 0.276 e. The van der Waals surface area contributed by atoms with Gasteiger partial charge in [-0.05, 0) is 50.4 Å². The molecule has 2 fully saturated rings. The second kappa shape index (κ2) is 5.79. The van der Waals surface area contributed by atoms with E-state index in [0.717, 1.165) is 43.1 Å². The van der Waals surface area contributed by atoms with Crippen LogP contribution in [0.15, 0.2) is 12.3 Å². The van der Waals surface area contributed by atoms with Gasteiger partial charge in [-0.15, -0.1) is 0 Å². The van der Waals surface area contributed by atoms with Crippen LogP contribution in [0.1, 0.15) is 47.8 Å². The normalized spacial score (nSPS) is 32.3. The minimum absolute atomic E-state index is 0.387. The first kappa shape index (κ1) is 16.0. The predicted molar refractivity (Wildman–Crippen MR) is 89.8 cm³/mol. The van der Waals surface area contributed by atoms with Gasteiger partial charge in [0.1, 0.15) is 0 Å². The molecule has 1 amide bonds. The number of aromatic nitrogens is 1. The molecule has 2 aliphatic heterocycles. The summed E-state index contributed by atoms with van der Waals surface area (Å²) in [7, 11) is 2.26. The molecule has 1 saturated carbocycles. The summed E-state index contributed by atoms with van der Waals surface area (Å²) < 4.78 is 0. The van der Waals surface area contributed by atoms with E-state index in [1.165, 1.54) is 19.4 Å². The molecule has 2 N–H and O–H groups in total. The average molecular weight is 330 g/mol. The van der Waals surface area contributed by atoms with Crippen molar-refractivity contribution in [1.82, 2.24) is 20.3 Å². The van der Waals surface area contributed by atoms with Crippen molar-refractivity contribution in [2.45, 2.75) is 50.7 Å². The van der Waals surface area contributed by atoms with Gasteiger partial charge in [0.05, 0.1) is 5.56 Å². The van der Waals surface area contributed by atoms with Gasteiger partial charge in [-0.2, -0.15) is 0 Å². The molecule has 3 aliphatic rings. The van der Waals surface area contributed by atoms with Crippen LogP contribution in [-0.2, 0) is 13.0 Å². The predicted octanol–water partition coefficient (Wildman–Crippen LogP) is 1.43. The molecule has 1 saturated heterocycles. The molecule has 0 bridgehead atoms. The Hall–Kier alpha value is -1.50. The molecule has 130 valence electrons. The van der Waals surface area contributed by atoms with Crippen LogP contribution in [0.5, 0.6) is 0 Å². The molecule has 0 radical (unpaired) electrons. The third-order valence-corrected chi connectivity index (χ3v) is 6.46. The Balaban J connectivity index is 1.57. The summed E-state index contributed by atoms with van der Waals surface area (Å²) in [5, 5.41) is 8.84. The van der Waals surface area contributed by atoms with E-state index in [-0.39, 0.29) is 0 Å². The van der Waals surface area contributed by atoms with Crippen molar-refractivity contribution in [3.63, 3.8) is 0 Å². The number of piperidine rings is 1. The zero-order chi connectivity index (χ0) is 16.9. The van der Waals surface area contributed by atoms with Crippen molar-refractivity contribution in [3.8, 4) is 0 Å². The molecule has 1 aromatic rings. The standard InChI is InChI=1S/C18H26N4O2/c1-3-15-7-16-13(6-12(9-19-16)17(23)20-24)10-22(15)11-18-8-14(18)4-5-21(18)2/h6,9,14-15,24H,3-5,7-8,10-11H2,1-2H3,(H,20,23)/t14?,15-,18?/m1/s1. The lowest BCUT2D eigenvalue weighted by molar-refractivity contribution is 0.0705. The van der Waals surface area contributed by atoms with E-state index in [1.54, 1.807) is 11.7 Å². The lowest BCUT2D eigenvalue weighted by atomic mass is 9.94. The molecule has 0 aromatic carbocycles. The fraction of sp³-hybridized carbons (Fsp3) is 0.667. The Labute approximate surface area is 142 Å². The molecule has 1 aliphatic carbocycles. The van der Waals surface area contributed by atoms with E-state index < -0.39 is 5.91 Å². The quantitative estimate of drug-likeness (QED) is 0.646. The fourth-order valence-corrected chi connectivity index (χ4v) is 4.78. The lowest BCUT2D eigenvalue weighted by Crippen LogP contribution is -2.49.